The summed E-state index contributed by atoms with van der Waals surface area (Å²) in [6.07, 6.45) is 0. The van der Waals surface area contributed by atoms with Crippen LogP contribution in [0.15, 0.2) is 6.07 Å². The molecule has 0 aromatic carbocycles. The average Bonchev–Trinajstić information content (AvgIpc) is 2.52. The van der Waals surface area contributed by atoms with Crippen LogP contribution in [0.4, 0.5) is 0 Å². The zero-order valence-electron chi connectivity index (χ0n) is 10.6. The highest BCUT2D eigenvalue weighted by molar-refractivity contribution is 7.12. The molecule has 4 heteroatoms. The van der Waals surface area contributed by atoms with Gasteiger partial charge in [-0.15, -0.1) is 11.3 Å². The lowest BCUT2D eigenvalue weighted by atomic mass is 10.1. The molecule has 0 radical (unpaired) electrons. The van der Waals surface area contributed by atoms with E-state index in [0.29, 0.717) is 0 Å². The summed E-state index contributed by atoms with van der Waals surface area (Å²) in [6, 6.07) is 2.24. The fraction of sp³-hybridized carbons (Fsp3) is 0.667. The predicted molar refractivity (Wildman–Crippen MR) is 70.2 cm³/mol. The molecule has 0 fully saturated rings. The number of aliphatic hydroxyl groups excluding tert-OH is 1. The second kappa shape index (κ2) is 6.35. The second-order valence-corrected chi connectivity index (χ2v) is 5.82. The van der Waals surface area contributed by atoms with Gasteiger partial charge in [-0.2, -0.15) is 0 Å². The Balaban J connectivity index is 2.57. The molecule has 1 rings (SSSR count). The maximum Gasteiger partial charge on any atom is 0.0626 e. The lowest BCUT2D eigenvalue weighted by Crippen LogP contribution is -2.31. The zero-order valence-corrected chi connectivity index (χ0v) is 11.4. The van der Waals surface area contributed by atoms with Crippen molar-refractivity contribution in [2.75, 3.05) is 33.8 Å². The summed E-state index contributed by atoms with van der Waals surface area (Å²) in [5, 5.41) is 12.8. The largest absolute Gasteiger partial charge is 0.394 e. The Kier molecular flexibility index (Phi) is 5.41. The summed E-state index contributed by atoms with van der Waals surface area (Å²) in [6.45, 7) is 6.26. The van der Waals surface area contributed by atoms with Crippen LogP contribution in [-0.4, -0.2) is 43.8 Å². The van der Waals surface area contributed by atoms with E-state index < -0.39 is 0 Å². The van der Waals surface area contributed by atoms with E-state index in [4.69, 9.17) is 0 Å². The second-order valence-electron chi connectivity index (χ2n) is 4.36. The van der Waals surface area contributed by atoms with E-state index in [1.165, 1.54) is 15.3 Å². The minimum atomic E-state index is 0.0740. The molecule has 0 bridgehead atoms. The Hall–Kier alpha value is -0.420. The third kappa shape index (κ3) is 3.87. The van der Waals surface area contributed by atoms with Crippen molar-refractivity contribution in [3.63, 3.8) is 0 Å². The van der Waals surface area contributed by atoms with Crippen molar-refractivity contribution in [1.29, 1.82) is 0 Å². The lowest BCUT2D eigenvalue weighted by molar-refractivity contribution is 0.240. The number of likely N-dealkylation sites (N-methyl/N-ethyl adjacent to an activating group) is 1. The van der Waals surface area contributed by atoms with Crippen molar-refractivity contribution in [3.05, 3.63) is 21.4 Å². The minimum Gasteiger partial charge on any atom is -0.394 e. The molecule has 0 amide bonds. The van der Waals surface area contributed by atoms with Gasteiger partial charge in [-0.1, -0.05) is 0 Å². The molecule has 1 heterocycles. The summed E-state index contributed by atoms with van der Waals surface area (Å²) in [7, 11) is 4.10. The molecule has 92 valence electrons. The van der Waals surface area contributed by atoms with Crippen molar-refractivity contribution < 1.29 is 5.11 Å². The summed E-state index contributed by atoms with van der Waals surface area (Å²) >= 11 is 1.79. The molecule has 0 saturated heterocycles. The number of nitrogens with one attached hydrogen (secondary N) is 1. The predicted octanol–water partition coefficient (Wildman–Crippen LogP) is 1.55. The molecule has 0 aliphatic rings. The molecule has 2 N–H and O–H groups in total. The van der Waals surface area contributed by atoms with Crippen LogP contribution in [0.1, 0.15) is 21.4 Å². The van der Waals surface area contributed by atoms with Crippen molar-refractivity contribution in [1.82, 2.24) is 10.2 Å². The number of rotatable bonds is 6. The van der Waals surface area contributed by atoms with Gasteiger partial charge in [0.15, 0.2) is 0 Å². The molecular weight excluding hydrogens is 220 g/mol. The summed E-state index contributed by atoms with van der Waals surface area (Å²) in [4.78, 5) is 4.74. The molecule has 0 spiro atoms. The Morgan fingerprint density at radius 3 is 2.56 bits per heavy atom. The van der Waals surface area contributed by atoms with Crippen molar-refractivity contribution in [3.8, 4) is 0 Å². The van der Waals surface area contributed by atoms with E-state index in [1.807, 2.05) is 0 Å². The normalized spacial score (nSPS) is 13.4. The summed E-state index contributed by atoms with van der Waals surface area (Å²) in [5.41, 5.74) is 1.24. The first-order valence-electron chi connectivity index (χ1n) is 5.60. The topological polar surface area (TPSA) is 35.5 Å². The molecule has 3 nitrogen and oxygen atoms in total. The van der Waals surface area contributed by atoms with Crippen LogP contribution in [-0.2, 0) is 0 Å². The standard InChI is InChI=1S/C12H22N2OS/c1-9-7-11(10(2)16-9)12(8-15)13-5-6-14(3)4/h7,12-13,15H,5-6,8H2,1-4H3. The van der Waals surface area contributed by atoms with Crippen LogP contribution >= 0.6 is 11.3 Å². The van der Waals surface area contributed by atoms with E-state index in [2.05, 4.69) is 44.2 Å². The fourth-order valence-electron chi connectivity index (χ4n) is 1.73. The number of aliphatic hydroxyl groups is 1. The number of nitrogens with zero attached hydrogens (tertiary/aromatic N) is 1. The van der Waals surface area contributed by atoms with Gasteiger partial charge in [0, 0.05) is 22.8 Å². The Bertz CT molecular complexity index is 323. The van der Waals surface area contributed by atoms with Crippen LogP contribution in [0.5, 0.6) is 0 Å². The van der Waals surface area contributed by atoms with Gasteiger partial charge in [0.05, 0.1) is 12.6 Å². The van der Waals surface area contributed by atoms with Crippen LogP contribution in [0.25, 0.3) is 0 Å². The van der Waals surface area contributed by atoms with Gasteiger partial charge in [0.1, 0.15) is 0 Å². The van der Waals surface area contributed by atoms with E-state index in [0.717, 1.165) is 13.1 Å². The minimum absolute atomic E-state index is 0.0740. The maximum atomic E-state index is 9.41. The first kappa shape index (κ1) is 13.6. The third-order valence-electron chi connectivity index (χ3n) is 2.59. The van der Waals surface area contributed by atoms with Gasteiger partial charge in [-0.25, -0.2) is 0 Å². The van der Waals surface area contributed by atoms with E-state index in [9.17, 15) is 5.11 Å². The van der Waals surface area contributed by atoms with Gasteiger partial charge in [0.25, 0.3) is 0 Å². The highest BCUT2D eigenvalue weighted by atomic mass is 32.1. The van der Waals surface area contributed by atoms with E-state index in [1.54, 1.807) is 11.3 Å². The quantitative estimate of drug-likeness (QED) is 0.794. The van der Waals surface area contributed by atoms with Crippen LogP contribution in [0, 0.1) is 13.8 Å². The number of hydrogen-bond donors (Lipinski definition) is 2. The van der Waals surface area contributed by atoms with Gasteiger partial charge in [0.2, 0.25) is 0 Å². The molecule has 16 heavy (non-hydrogen) atoms. The molecule has 0 aliphatic carbocycles. The van der Waals surface area contributed by atoms with Crippen LogP contribution in [0.3, 0.4) is 0 Å². The zero-order chi connectivity index (χ0) is 12.1. The molecule has 1 aromatic rings. The summed E-state index contributed by atoms with van der Waals surface area (Å²) < 4.78 is 0. The lowest BCUT2D eigenvalue weighted by Gasteiger charge is -2.18. The monoisotopic (exact) mass is 242 g/mol. The van der Waals surface area contributed by atoms with Crippen molar-refractivity contribution in [2.24, 2.45) is 0 Å². The number of aryl methyl sites for hydroxylation is 2. The van der Waals surface area contributed by atoms with Crippen molar-refractivity contribution >= 4 is 11.3 Å². The summed E-state index contributed by atoms with van der Waals surface area (Å²) in [5.74, 6) is 0. The Labute approximate surface area is 102 Å². The first-order valence-corrected chi connectivity index (χ1v) is 6.42. The van der Waals surface area contributed by atoms with Gasteiger partial charge < -0.3 is 15.3 Å². The number of hydrogen-bond acceptors (Lipinski definition) is 4. The van der Waals surface area contributed by atoms with Gasteiger partial charge >= 0.3 is 0 Å². The first-order chi connectivity index (χ1) is 7.54. The van der Waals surface area contributed by atoms with E-state index in [-0.39, 0.29) is 12.6 Å². The van der Waals surface area contributed by atoms with Gasteiger partial charge in [-0.3, -0.25) is 0 Å². The van der Waals surface area contributed by atoms with Gasteiger partial charge in [-0.05, 0) is 39.6 Å². The average molecular weight is 242 g/mol. The molecule has 1 atom stereocenters. The molecule has 0 saturated carbocycles. The molecular formula is C12H22N2OS. The number of thiophene rings is 1. The highest BCUT2D eigenvalue weighted by Crippen LogP contribution is 2.25. The highest BCUT2D eigenvalue weighted by Gasteiger charge is 2.14. The van der Waals surface area contributed by atoms with Crippen LogP contribution < -0.4 is 5.32 Å². The Morgan fingerprint density at radius 1 is 1.44 bits per heavy atom. The molecule has 1 unspecified atom stereocenters. The van der Waals surface area contributed by atoms with Crippen molar-refractivity contribution in [2.45, 2.75) is 19.9 Å². The van der Waals surface area contributed by atoms with Crippen LogP contribution in [0.2, 0.25) is 0 Å². The third-order valence-corrected chi connectivity index (χ3v) is 3.57. The Morgan fingerprint density at radius 2 is 2.12 bits per heavy atom. The SMILES string of the molecule is Cc1cc(C(CO)NCCN(C)C)c(C)s1. The fourth-order valence-corrected chi connectivity index (χ4v) is 2.72. The smallest absolute Gasteiger partial charge is 0.0626 e. The molecule has 1 aromatic heterocycles. The maximum absolute atomic E-state index is 9.41. The molecule has 0 aliphatic heterocycles. The van der Waals surface area contributed by atoms with E-state index >= 15 is 0 Å².